The number of carbonyl (C=O) groups excluding carboxylic acids is 1. The molecule has 4 nitrogen and oxygen atoms in total. The van der Waals surface area contributed by atoms with Crippen LogP contribution in [0.2, 0.25) is 0 Å². The molecule has 0 radical (unpaired) electrons. The van der Waals surface area contributed by atoms with E-state index in [0.717, 1.165) is 26.1 Å². The molecule has 2 aromatic rings. The van der Waals surface area contributed by atoms with Gasteiger partial charge in [0.15, 0.2) is 0 Å². The molecule has 0 spiro atoms. The highest BCUT2D eigenvalue weighted by molar-refractivity contribution is 5.94. The van der Waals surface area contributed by atoms with Gasteiger partial charge < -0.3 is 10.1 Å². The summed E-state index contributed by atoms with van der Waals surface area (Å²) in [6, 6.07) is 16.0. The highest BCUT2D eigenvalue weighted by atomic mass is 19.3. The first-order valence-corrected chi connectivity index (χ1v) is 8.22. The molecule has 1 unspecified atom stereocenters. The Morgan fingerprint density at radius 3 is 2.56 bits per heavy atom. The molecule has 25 heavy (non-hydrogen) atoms. The number of hydrogen-bond donors (Lipinski definition) is 1. The van der Waals surface area contributed by atoms with Gasteiger partial charge in [0.25, 0.3) is 5.91 Å². The molecule has 1 fully saturated rings. The standard InChI is InChI=1S/C19H20F2N2O2/c20-19(21)25-17-8-6-15(7-9-17)18(24)22-16-10-11-23(13-16)12-14-4-2-1-3-5-14/h1-9,16,19H,10-13H2,(H,22,24). The number of alkyl halides is 2. The Kier molecular flexibility index (Phi) is 5.60. The van der Waals surface area contributed by atoms with Crippen molar-refractivity contribution in [1.29, 1.82) is 0 Å². The van der Waals surface area contributed by atoms with E-state index in [0.29, 0.717) is 5.56 Å². The maximum Gasteiger partial charge on any atom is 0.387 e. The number of rotatable bonds is 6. The summed E-state index contributed by atoms with van der Waals surface area (Å²) in [7, 11) is 0. The van der Waals surface area contributed by atoms with Gasteiger partial charge in [0.1, 0.15) is 5.75 Å². The van der Waals surface area contributed by atoms with Crippen LogP contribution in [0.4, 0.5) is 8.78 Å². The molecule has 0 bridgehead atoms. The van der Waals surface area contributed by atoms with E-state index in [4.69, 9.17) is 0 Å². The van der Waals surface area contributed by atoms with Gasteiger partial charge in [-0.3, -0.25) is 9.69 Å². The monoisotopic (exact) mass is 346 g/mol. The van der Waals surface area contributed by atoms with E-state index in [9.17, 15) is 13.6 Å². The SMILES string of the molecule is O=C(NC1CCN(Cc2ccccc2)C1)c1ccc(OC(F)F)cc1. The number of hydrogen-bond acceptors (Lipinski definition) is 3. The minimum absolute atomic E-state index is 0.0430. The van der Waals surface area contributed by atoms with E-state index in [-0.39, 0.29) is 17.7 Å². The third-order valence-electron chi connectivity index (χ3n) is 4.20. The van der Waals surface area contributed by atoms with Crippen molar-refractivity contribution >= 4 is 5.91 Å². The first kappa shape index (κ1) is 17.4. The van der Waals surface area contributed by atoms with Gasteiger partial charge in [-0.25, -0.2) is 0 Å². The average molecular weight is 346 g/mol. The van der Waals surface area contributed by atoms with Crippen LogP contribution in [0.25, 0.3) is 0 Å². The zero-order valence-corrected chi connectivity index (χ0v) is 13.7. The average Bonchev–Trinajstić information content (AvgIpc) is 3.02. The van der Waals surface area contributed by atoms with Crippen molar-refractivity contribution in [3.05, 3.63) is 65.7 Å². The molecule has 1 N–H and O–H groups in total. The first-order chi connectivity index (χ1) is 12.1. The van der Waals surface area contributed by atoms with Gasteiger partial charge in [-0.05, 0) is 36.2 Å². The van der Waals surface area contributed by atoms with Crippen LogP contribution >= 0.6 is 0 Å². The molecule has 6 heteroatoms. The van der Waals surface area contributed by atoms with Crippen molar-refractivity contribution in [2.45, 2.75) is 25.6 Å². The summed E-state index contributed by atoms with van der Waals surface area (Å²) in [6.07, 6.45) is 0.894. The van der Waals surface area contributed by atoms with Gasteiger partial charge in [-0.1, -0.05) is 30.3 Å². The smallest absolute Gasteiger partial charge is 0.387 e. The van der Waals surface area contributed by atoms with E-state index in [1.165, 1.54) is 29.8 Å². The molecule has 0 aliphatic carbocycles. The summed E-state index contributed by atoms with van der Waals surface area (Å²) < 4.78 is 28.6. The Morgan fingerprint density at radius 2 is 1.88 bits per heavy atom. The molecule has 0 saturated carbocycles. The molecule has 1 aliphatic heterocycles. The number of amides is 1. The fraction of sp³-hybridized carbons (Fsp3) is 0.316. The maximum absolute atomic E-state index is 12.3. The summed E-state index contributed by atoms with van der Waals surface area (Å²) >= 11 is 0. The van der Waals surface area contributed by atoms with Crippen molar-refractivity contribution in [2.24, 2.45) is 0 Å². The van der Waals surface area contributed by atoms with Crippen LogP contribution in [0.15, 0.2) is 54.6 Å². The van der Waals surface area contributed by atoms with Crippen LogP contribution < -0.4 is 10.1 Å². The van der Waals surface area contributed by atoms with Gasteiger partial charge in [-0.15, -0.1) is 0 Å². The number of nitrogens with zero attached hydrogens (tertiary/aromatic N) is 1. The maximum atomic E-state index is 12.3. The van der Waals surface area contributed by atoms with Gasteiger partial charge in [0.05, 0.1) is 0 Å². The molecule has 1 saturated heterocycles. The molecule has 132 valence electrons. The third-order valence-corrected chi connectivity index (χ3v) is 4.20. The molecular weight excluding hydrogens is 326 g/mol. The Hall–Kier alpha value is -2.47. The third kappa shape index (κ3) is 5.00. The second-order valence-electron chi connectivity index (χ2n) is 6.08. The van der Waals surface area contributed by atoms with E-state index in [1.807, 2.05) is 18.2 Å². The topological polar surface area (TPSA) is 41.6 Å². The van der Waals surface area contributed by atoms with E-state index < -0.39 is 6.61 Å². The van der Waals surface area contributed by atoms with E-state index in [1.54, 1.807) is 0 Å². The van der Waals surface area contributed by atoms with Crippen molar-refractivity contribution in [2.75, 3.05) is 13.1 Å². The Morgan fingerprint density at radius 1 is 1.16 bits per heavy atom. The molecule has 1 amide bonds. The van der Waals surface area contributed by atoms with Crippen LogP contribution in [0.3, 0.4) is 0 Å². The van der Waals surface area contributed by atoms with Crippen LogP contribution in [0.5, 0.6) is 5.75 Å². The minimum atomic E-state index is -2.87. The summed E-state index contributed by atoms with van der Waals surface area (Å²) in [4.78, 5) is 14.6. The summed E-state index contributed by atoms with van der Waals surface area (Å²) in [5, 5.41) is 3.00. The van der Waals surface area contributed by atoms with E-state index >= 15 is 0 Å². The first-order valence-electron chi connectivity index (χ1n) is 8.22. The molecule has 1 heterocycles. The predicted molar refractivity (Wildman–Crippen MR) is 90.7 cm³/mol. The van der Waals surface area contributed by atoms with Crippen LogP contribution in [-0.2, 0) is 6.54 Å². The Balaban J connectivity index is 1.50. The lowest BCUT2D eigenvalue weighted by atomic mass is 10.2. The van der Waals surface area contributed by atoms with Crippen molar-refractivity contribution in [1.82, 2.24) is 10.2 Å². The molecule has 0 aromatic heterocycles. The summed E-state index contributed by atoms with van der Waals surface area (Å²) in [5.74, 6) is -0.156. The van der Waals surface area contributed by atoms with Crippen molar-refractivity contribution in [3.8, 4) is 5.75 Å². The van der Waals surface area contributed by atoms with Crippen molar-refractivity contribution in [3.63, 3.8) is 0 Å². The summed E-state index contributed by atoms with van der Waals surface area (Å²) in [5.41, 5.74) is 1.69. The quantitative estimate of drug-likeness (QED) is 0.873. The predicted octanol–water partition coefficient (Wildman–Crippen LogP) is 3.29. The van der Waals surface area contributed by atoms with Gasteiger partial charge in [0.2, 0.25) is 0 Å². The lowest BCUT2D eigenvalue weighted by molar-refractivity contribution is -0.0498. The summed E-state index contributed by atoms with van der Waals surface area (Å²) in [6.45, 7) is -0.269. The zero-order valence-electron chi connectivity index (χ0n) is 13.7. The molecule has 2 aromatic carbocycles. The molecule has 1 aliphatic rings. The highest BCUT2D eigenvalue weighted by Gasteiger charge is 2.24. The van der Waals surface area contributed by atoms with Crippen LogP contribution in [0.1, 0.15) is 22.3 Å². The lowest BCUT2D eigenvalue weighted by Gasteiger charge is -2.17. The van der Waals surface area contributed by atoms with Crippen LogP contribution in [-0.4, -0.2) is 36.5 Å². The van der Waals surface area contributed by atoms with Crippen LogP contribution in [0, 0.1) is 0 Å². The molecule has 3 rings (SSSR count). The second kappa shape index (κ2) is 8.07. The Labute approximate surface area is 145 Å². The fourth-order valence-corrected chi connectivity index (χ4v) is 2.99. The number of nitrogens with one attached hydrogen (secondary N) is 1. The minimum Gasteiger partial charge on any atom is -0.435 e. The number of likely N-dealkylation sites (tertiary alicyclic amines) is 1. The number of carbonyl (C=O) groups is 1. The van der Waals surface area contributed by atoms with Gasteiger partial charge in [0, 0.05) is 31.2 Å². The zero-order chi connectivity index (χ0) is 17.6. The normalized spacial score (nSPS) is 17.6. The second-order valence-corrected chi connectivity index (χ2v) is 6.08. The lowest BCUT2D eigenvalue weighted by Crippen LogP contribution is -2.36. The number of benzene rings is 2. The molecular formula is C19H20F2N2O2. The van der Waals surface area contributed by atoms with E-state index in [2.05, 4.69) is 27.1 Å². The number of ether oxygens (including phenoxy) is 1. The van der Waals surface area contributed by atoms with Crippen molar-refractivity contribution < 1.29 is 18.3 Å². The van der Waals surface area contributed by atoms with Gasteiger partial charge in [-0.2, -0.15) is 8.78 Å². The number of halogens is 2. The highest BCUT2D eigenvalue weighted by Crippen LogP contribution is 2.17. The Bertz CT molecular complexity index is 692. The molecule has 1 atom stereocenters. The fourth-order valence-electron chi connectivity index (χ4n) is 2.99. The van der Waals surface area contributed by atoms with Gasteiger partial charge >= 0.3 is 6.61 Å². The largest absolute Gasteiger partial charge is 0.435 e.